The maximum Gasteiger partial charge on any atom is 0.115 e. The molecule has 5 heteroatoms. The van der Waals surface area contributed by atoms with Gasteiger partial charge in [0.05, 0.1) is 44.7 Å². The lowest BCUT2D eigenvalue weighted by molar-refractivity contribution is -0.262. The topological polar surface area (TPSA) is 49.5 Å². The highest BCUT2D eigenvalue weighted by Gasteiger charge is 2.48. The van der Waals surface area contributed by atoms with Crippen LogP contribution in [0.5, 0.6) is 0 Å². The Hall–Kier alpha value is -2.54. The minimum absolute atomic E-state index is 0.126. The Morgan fingerprint density at radius 1 is 0.629 bits per heavy atom. The lowest BCUT2D eigenvalue weighted by atomic mass is 9.92. The zero-order chi connectivity index (χ0) is 23.9. The summed E-state index contributed by atoms with van der Waals surface area (Å²) in [5.74, 6) is 0. The van der Waals surface area contributed by atoms with Crippen molar-refractivity contribution >= 4 is 0 Å². The molecule has 0 radical (unpaired) electrons. The SMILES string of the molecule is C[C@@H]1O[C@@H](CC2CO2)[C@@H](OCc2ccccc2)[C@H](OCc2ccccc2)[C@@H]1OCc1ccccc1. The third kappa shape index (κ3) is 6.78. The summed E-state index contributed by atoms with van der Waals surface area (Å²) >= 11 is 0. The summed E-state index contributed by atoms with van der Waals surface area (Å²) in [4.78, 5) is 0. The molecule has 1 unspecified atom stereocenters. The van der Waals surface area contributed by atoms with Crippen LogP contribution < -0.4 is 0 Å². The van der Waals surface area contributed by atoms with Crippen molar-refractivity contribution < 1.29 is 23.7 Å². The van der Waals surface area contributed by atoms with E-state index in [1.807, 2.05) is 54.6 Å². The number of benzene rings is 3. The van der Waals surface area contributed by atoms with Gasteiger partial charge in [0, 0.05) is 6.42 Å². The fourth-order valence-electron chi connectivity index (χ4n) is 4.67. The minimum Gasteiger partial charge on any atom is -0.373 e. The van der Waals surface area contributed by atoms with E-state index in [0.717, 1.165) is 29.7 Å². The molecule has 3 aromatic rings. The first kappa shape index (κ1) is 24.2. The van der Waals surface area contributed by atoms with Crippen LogP contribution in [0.3, 0.4) is 0 Å². The number of hydrogen-bond donors (Lipinski definition) is 0. The summed E-state index contributed by atoms with van der Waals surface area (Å²) in [7, 11) is 0. The van der Waals surface area contributed by atoms with Crippen molar-refractivity contribution in [1.82, 2.24) is 0 Å². The molecule has 2 aliphatic heterocycles. The van der Waals surface area contributed by atoms with Crippen LogP contribution in [0.15, 0.2) is 91.0 Å². The first-order valence-corrected chi connectivity index (χ1v) is 12.5. The van der Waals surface area contributed by atoms with Gasteiger partial charge in [-0.3, -0.25) is 0 Å². The number of ether oxygens (including phenoxy) is 5. The van der Waals surface area contributed by atoms with Crippen LogP contribution in [-0.4, -0.2) is 43.2 Å². The van der Waals surface area contributed by atoms with Crippen molar-refractivity contribution in [3.8, 4) is 0 Å². The Bertz CT molecular complexity index is 1010. The minimum atomic E-state index is -0.282. The lowest BCUT2D eigenvalue weighted by Crippen LogP contribution is -2.59. The molecule has 2 aliphatic rings. The van der Waals surface area contributed by atoms with Crippen LogP contribution in [0.25, 0.3) is 0 Å². The van der Waals surface area contributed by atoms with Crippen molar-refractivity contribution in [3.63, 3.8) is 0 Å². The van der Waals surface area contributed by atoms with Crippen molar-refractivity contribution in [1.29, 1.82) is 0 Å². The molecule has 6 atom stereocenters. The fraction of sp³-hybridized carbons (Fsp3) is 0.400. The molecule has 2 heterocycles. The Morgan fingerprint density at radius 2 is 1.06 bits per heavy atom. The van der Waals surface area contributed by atoms with E-state index >= 15 is 0 Å². The molecule has 2 fully saturated rings. The quantitative estimate of drug-likeness (QED) is 0.352. The molecular formula is C30H34O5. The zero-order valence-electron chi connectivity index (χ0n) is 20.2. The largest absolute Gasteiger partial charge is 0.373 e. The van der Waals surface area contributed by atoms with Gasteiger partial charge in [0.25, 0.3) is 0 Å². The molecule has 3 aromatic carbocycles. The smallest absolute Gasteiger partial charge is 0.115 e. The fourth-order valence-corrected chi connectivity index (χ4v) is 4.67. The summed E-state index contributed by atoms with van der Waals surface area (Å²) in [6, 6.07) is 30.7. The van der Waals surface area contributed by atoms with Crippen LogP contribution in [-0.2, 0) is 43.5 Å². The molecule has 0 N–H and O–H groups in total. The molecule has 0 aromatic heterocycles. The molecule has 0 spiro atoms. The molecule has 2 saturated heterocycles. The first-order valence-electron chi connectivity index (χ1n) is 12.5. The first-order chi connectivity index (χ1) is 17.3. The molecule has 35 heavy (non-hydrogen) atoms. The summed E-state index contributed by atoms with van der Waals surface area (Å²) in [6.07, 6.45) is -0.0725. The van der Waals surface area contributed by atoms with Gasteiger partial charge in [-0.05, 0) is 23.6 Å². The van der Waals surface area contributed by atoms with E-state index in [1.54, 1.807) is 0 Å². The molecule has 184 valence electrons. The second-order valence-corrected chi connectivity index (χ2v) is 9.35. The van der Waals surface area contributed by atoms with Gasteiger partial charge in [0.1, 0.15) is 18.3 Å². The monoisotopic (exact) mass is 474 g/mol. The van der Waals surface area contributed by atoms with Gasteiger partial charge in [0.15, 0.2) is 0 Å². The molecule has 0 saturated carbocycles. The third-order valence-electron chi connectivity index (χ3n) is 6.62. The van der Waals surface area contributed by atoms with Crippen molar-refractivity contribution in [2.45, 2.75) is 69.8 Å². The van der Waals surface area contributed by atoms with Gasteiger partial charge in [-0.25, -0.2) is 0 Å². The molecule has 0 amide bonds. The maximum absolute atomic E-state index is 6.60. The summed E-state index contributed by atoms with van der Waals surface area (Å²) in [6.45, 7) is 4.32. The normalized spacial score (nSPS) is 28.0. The predicted octanol–water partition coefficient (Wildman–Crippen LogP) is 5.32. The highest BCUT2D eigenvalue weighted by Crippen LogP contribution is 2.34. The molecular weight excluding hydrogens is 440 g/mol. The van der Waals surface area contributed by atoms with E-state index in [1.165, 1.54) is 0 Å². The Morgan fingerprint density at radius 3 is 1.51 bits per heavy atom. The second kappa shape index (κ2) is 11.9. The van der Waals surface area contributed by atoms with E-state index in [9.17, 15) is 0 Å². The van der Waals surface area contributed by atoms with Crippen LogP contribution in [0.4, 0.5) is 0 Å². The molecule has 0 aliphatic carbocycles. The van der Waals surface area contributed by atoms with E-state index in [0.29, 0.717) is 19.8 Å². The molecule has 0 bridgehead atoms. The van der Waals surface area contributed by atoms with E-state index in [4.69, 9.17) is 23.7 Å². The van der Waals surface area contributed by atoms with E-state index in [2.05, 4.69) is 43.3 Å². The van der Waals surface area contributed by atoms with Gasteiger partial charge in [-0.15, -0.1) is 0 Å². The van der Waals surface area contributed by atoms with Gasteiger partial charge in [-0.1, -0.05) is 91.0 Å². The standard InChI is InChI=1S/C30H34O5/c1-22-28(32-18-23-11-5-2-6-12-23)30(34-20-25-15-9-4-10-16-25)29(27(35-22)17-26-21-31-26)33-19-24-13-7-3-8-14-24/h2-16,22,26-30H,17-21H2,1H3/t22-,26?,27-,28+,29+,30+/m0/s1. The van der Waals surface area contributed by atoms with Crippen molar-refractivity contribution in [3.05, 3.63) is 108 Å². The van der Waals surface area contributed by atoms with E-state index < -0.39 is 0 Å². The third-order valence-corrected chi connectivity index (χ3v) is 6.62. The number of hydrogen-bond acceptors (Lipinski definition) is 5. The Labute approximate surface area is 207 Å². The number of rotatable bonds is 11. The Balaban J connectivity index is 1.37. The summed E-state index contributed by atoms with van der Waals surface area (Å²) < 4.78 is 31.7. The highest BCUT2D eigenvalue weighted by molar-refractivity contribution is 5.15. The Kier molecular flexibility index (Phi) is 8.24. The summed E-state index contributed by atoms with van der Waals surface area (Å²) in [5.41, 5.74) is 3.37. The molecule has 5 rings (SSSR count). The predicted molar refractivity (Wildman–Crippen MR) is 134 cm³/mol. The molecule has 5 nitrogen and oxygen atoms in total. The van der Waals surface area contributed by atoms with Crippen molar-refractivity contribution in [2.24, 2.45) is 0 Å². The van der Waals surface area contributed by atoms with Crippen LogP contribution in [0.1, 0.15) is 30.0 Å². The van der Waals surface area contributed by atoms with Crippen LogP contribution >= 0.6 is 0 Å². The van der Waals surface area contributed by atoms with Gasteiger partial charge in [0.2, 0.25) is 0 Å². The van der Waals surface area contributed by atoms with E-state index in [-0.39, 0.29) is 36.6 Å². The van der Waals surface area contributed by atoms with Crippen LogP contribution in [0.2, 0.25) is 0 Å². The highest BCUT2D eigenvalue weighted by atomic mass is 16.6. The average Bonchev–Trinajstić information content (AvgIpc) is 3.72. The van der Waals surface area contributed by atoms with Gasteiger partial charge >= 0.3 is 0 Å². The van der Waals surface area contributed by atoms with Crippen LogP contribution in [0, 0.1) is 0 Å². The average molecular weight is 475 g/mol. The second-order valence-electron chi connectivity index (χ2n) is 9.35. The van der Waals surface area contributed by atoms with Crippen molar-refractivity contribution in [2.75, 3.05) is 6.61 Å². The number of epoxide rings is 1. The maximum atomic E-state index is 6.60. The van der Waals surface area contributed by atoms with Gasteiger partial charge in [-0.2, -0.15) is 0 Å². The lowest BCUT2D eigenvalue weighted by Gasteiger charge is -2.45. The summed E-state index contributed by atoms with van der Waals surface area (Å²) in [5, 5.41) is 0. The van der Waals surface area contributed by atoms with Gasteiger partial charge < -0.3 is 23.7 Å². The zero-order valence-corrected chi connectivity index (χ0v) is 20.2.